The van der Waals surface area contributed by atoms with Gasteiger partial charge in [-0.05, 0) is 25.2 Å². The highest BCUT2D eigenvalue weighted by Crippen LogP contribution is 2.15. The van der Waals surface area contributed by atoms with Crippen molar-refractivity contribution in [1.82, 2.24) is 10.2 Å². The van der Waals surface area contributed by atoms with Crippen LogP contribution >= 0.6 is 15.9 Å². The van der Waals surface area contributed by atoms with Crippen molar-refractivity contribution in [1.29, 1.82) is 0 Å². The molecule has 4 heteroatoms. The summed E-state index contributed by atoms with van der Waals surface area (Å²) < 4.78 is 1.12. The van der Waals surface area contributed by atoms with Crippen molar-refractivity contribution in [2.24, 2.45) is 0 Å². The summed E-state index contributed by atoms with van der Waals surface area (Å²) in [6.07, 6.45) is 0. The molecule has 1 aromatic carbocycles. The molecule has 0 saturated carbocycles. The summed E-state index contributed by atoms with van der Waals surface area (Å²) in [6.45, 7) is 4.32. The summed E-state index contributed by atoms with van der Waals surface area (Å²) >= 11 is 3.47. The highest BCUT2D eigenvalue weighted by atomic mass is 79.9. The molecule has 0 amide bonds. The first-order chi connectivity index (χ1) is 7.74. The van der Waals surface area contributed by atoms with E-state index in [1.165, 1.54) is 5.69 Å². The molecule has 88 valence electrons. The fourth-order valence-corrected chi connectivity index (χ4v) is 2.37. The first kappa shape index (κ1) is 11.9. The van der Waals surface area contributed by atoms with Crippen molar-refractivity contribution in [2.45, 2.75) is 6.04 Å². The highest BCUT2D eigenvalue weighted by Gasteiger charge is 2.15. The van der Waals surface area contributed by atoms with Crippen LogP contribution < -0.4 is 10.6 Å². The lowest BCUT2D eigenvalue weighted by Gasteiger charge is -2.31. The quantitative estimate of drug-likeness (QED) is 0.885. The largest absolute Gasteiger partial charge is 0.383 e. The third kappa shape index (κ3) is 3.47. The number of anilines is 1. The van der Waals surface area contributed by atoms with Gasteiger partial charge >= 0.3 is 0 Å². The second-order valence-electron chi connectivity index (χ2n) is 4.30. The monoisotopic (exact) mass is 283 g/mol. The number of hydrogen-bond acceptors (Lipinski definition) is 3. The Balaban J connectivity index is 1.82. The van der Waals surface area contributed by atoms with Crippen LogP contribution in [0.3, 0.4) is 0 Å². The van der Waals surface area contributed by atoms with Gasteiger partial charge in [-0.3, -0.25) is 0 Å². The van der Waals surface area contributed by atoms with E-state index in [-0.39, 0.29) is 0 Å². The summed E-state index contributed by atoms with van der Waals surface area (Å²) in [4.78, 5) is 2.36. The van der Waals surface area contributed by atoms with Gasteiger partial charge in [0.1, 0.15) is 0 Å². The number of nitrogens with zero attached hydrogens (tertiary/aromatic N) is 1. The molecular weight excluding hydrogens is 266 g/mol. The van der Waals surface area contributed by atoms with E-state index in [9.17, 15) is 0 Å². The van der Waals surface area contributed by atoms with Crippen molar-refractivity contribution in [2.75, 3.05) is 38.5 Å². The van der Waals surface area contributed by atoms with E-state index in [0.29, 0.717) is 6.04 Å². The normalized spacial score (nSPS) is 22.0. The van der Waals surface area contributed by atoms with E-state index in [4.69, 9.17) is 0 Å². The van der Waals surface area contributed by atoms with Crippen molar-refractivity contribution in [3.63, 3.8) is 0 Å². The smallest absolute Gasteiger partial charge is 0.0369 e. The van der Waals surface area contributed by atoms with E-state index in [1.54, 1.807) is 0 Å². The number of piperazine rings is 1. The lowest BCUT2D eigenvalue weighted by Crippen LogP contribution is -2.51. The fraction of sp³-hybridized carbons (Fsp3) is 0.500. The molecule has 2 rings (SSSR count). The lowest BCUT2D eigenvalue weighted by atomic mass is 10.2. The zero-order chi connectivity index (χ0) is 11.4. The van der Waals surface area contributed by atoms with Gasteiger partial charge in [0, 0.05) is 42.4 Å². The van der Waals surface area contributed by atoms with E-state index in [2.05, 4.69) is 50.6 Å². The maximum absolute atomic E-state index is 3.52. The minimum Gasteiger partial charge on any atom is -0.383 e. The molecule has 1 aromatic rings. The zero-order valence-corrected chi connectivity index (χ0v) is 11.1. The Hall–Kier alpha value is -0.580. The minimum absolute atomic E-state index is 0.540. The molecule has 1 unspecified atom stereocenters. The molecule has 0 aromatic heterocycles. The maximum atomic E-state index is 3.52. The Kier molecular flexibility index (Phi) is 4.21. The van der Waals surface area contributed by atoms with Crippen LogP contribution in [0.1, 0.15) is 0 Å². The van der Waals surface area contributed by atoms with Crippen LogP contribution in [0.25, 0.3) is 0 Å². The Bertz CT molecular complexity index is 343. The zero-order valence-electron chi connectivity index (χ0n) is 9.54. The van der Waals surface area contributed by atoms with E-state index < -0.39 is 0 Å². The summed E-state index contributed by atoms with van der Waals surface area (Å²) in [6, 6.07) is 8.83. The highest BCUT2D eigenvalue weighted by molar-refractivity contribution is 9.10. The third-order valence-corrected chi connectivity index (χ3v) is 3.33. The minimum atomic E-state index is 0.540. The molecule has 0 radical (unpaired) electrons. The second-order valence-corrected chi connectivity index (χ2v) is 5.22. The van der Waals surface area contributed by atoms with Gasteiger partial charge in [-0.2, -0.15) is 0 Å². The first-order valence-corrected chi connectivity index (χ1v) is 6.45. The predicted molar refractivity (Wildman–Crippen MR) is 71.9 cm³/mol. The van der Waals surface area contributed by atoms with Crippen LogP contribution in [0.15, 0.2) is 28.7 Å². The van der Waals surface area contributed by atoms with Crippen molar-refractivity contribution in [3.05, 3.63) is 28.7 Å². The first-order valence-electron chi connectivity index (χ1n) is 5.65. The second kappa shape index (κ2) is 5.66. The van der Waals surface area contributed by atoms with Gasteiger partial charge in [0.25, 0.3) is 0 Å². The molecule has 0 spiro atoms. The Labute approximate surface area is 105 Å². The molecule has 1 aliphatic heterocycles. The van der Waals surface area contributed by atoms with E-state index in [1.807, 2.05) is 12.1 Å². The van der Waals surface area contributed by atoms with Gasteiger partial charge < -0.3 is 15.5 Å². The average molecular weight is 284 g/mol. The Morgan fingerprint density at radius 3 is 3.19 bits per heavy atom. The molecule has 2 N–H and O–H groups in total. The van der Waals surface area contributed by atoms with Crippen LogP contribution in [0.5, 0.6) is 0 Å². The summed E-state index contributed by atoms with van der Waals surface area (Å²) in [5.41, 5.74) is 1.17. The molecular formula is C12H18BrN3. The van der Waals surface area contributed by atoms with Gasteiger partial charge in [0.15, 0.2) is 0 Å². The summed E-state index contributed by atoms with van der Waals surface area (Å²) in [5, 5.41) is 6.98. The molecule has 0 bridgehead atoms. The van der Waals surface area contributed by atoms with Crippen LogP contribution in [-0.2, 0) is 0 Å². The maximum Gasteiger partial charge on any atom is 0.0369 e. The molecule has 1 heterocycles. The van der Waals surface area contributed by atoms with Crippen LogP contribution in [0.2, 0.25) is 0 Å². The fourth-order valence-electron chi connectivity index (χ4n) is 1.97. The number of hydrogen-bond donors (Lipinski definition) is 2. The van der Waals surface area contributed by atoms with Crippen LogP contribution in [0, 0.1) is 0 Å². The SMILES string of the molecule is CN1CCNC(CNc2cccc(Br)c2)C1. The van der Waals surface area contributed by atoms with Gasteiger partial charge in [-0.25, -0.2) is 0 Å². The van der Waals surface area contributed by atoms with Crippen molar-refractivity contribution >= 4 is 21.6 Å². The van der Waals surface area contributed by atoms with Crippen molar-refractivity contribution in [3.8, 4) is 0 Å². The van der Waals surface area contributed by atoms with Crippen LogP contribution in [0.4, 0.5) is 5.69 Å². The van der Waals surface area contributed by atoms with Crippen molar-refractivity contribution < 1.29 is 0 Å². The van der Waals surface area contributed by atoms with E-state index in [0.717, 1.165) is 30.7 Å². The average Bonchev–Trinajstić information content (AvgIpc) is 2.27. The van der Waals surface area contributed by atoms with Gasteiger partial charge in [0.2, 0.25) is 0 Å². The molecule has 3 nitrogen and oxygen atoms in total. The molecule has 1 atom stereocenters. The molecule has 1 aliphatic rings. The molecule has 0 aliphatic carbocycles. The van der Waals surface area contributed by atoms with Gasteiger partial charge in [0.05, 0.1) is 0 Å². The number of likely N-dealkylation sites (N-methyl/N-ethyl adjacent to an activating group) is 1. The molecule has 1 saturated heterocycles. The summed E-state index contributed by atoms with van der Waals surface area (Å²) in [7, 11) is 2.17. The lowest BCUT2D eigenvalue weighted by molar-refractivity contribution is 0.244. The summed E-state index contributed by atoms with van der Waals surface area (Å²) in [5.74, 6) is 0. The molecule has 16 heavy (non-hydrogen) atoms. The number of rotatable bonds is 3. The third-order valence-electron chi connectivity index (χ3n) is 2.84. The van der Waals surface area contributed by atoms with Crippen LogP contribution in [-0.4, -0.2) is 44.2 Å². The standard InChI is InChI=1S/C12H18BrN3/c1-16-6-5-14-12(9-16)8-15-11-4-2-3-10(13)7-11/h2-4,7,12,14-15H,5-6,8-9H2,1H3. The predicted octanol–water partition coefficient (Wildman–Crippen LogP) is 1.76. The Morgan fingerprint density at radius 2 is 2.44 bits per heavy atom. The number of benzene rings is 1. The van der Waals surface area contributed by atoms with Gasteiger partial charge in [-0.1, -0.05) is 22.0 Å². The van der Waals surface area contributed by atoms with Gasteiger partial charge in [-0.15, -0.1) is 0 Å². The Morgan fingerprint density at radius 1 is 1.56 bits per heavy atom. The topological polar surface area (TPSA) is 27.3 Å². The molecule has 1 fully saturated rings. The number of nitrogens with one attached hydrogen (secondary N) is 2. The van der Waals surface area contributed by atoms with E-state index >= 15 is 0 Å². The number of halogens is 1.